The number of pyridine rings is 1. The normalized spacial score (nSPS) is 19.3. The van der Waals surface area contributed by atoms with Crippen LogP contribution in [0.3, 0.4) is 0 Å². The standard InChI is InChI=1S/C32H31N5O2/c38-30-17-22(20-37(30)21-23-7-5-6-14-33-23)31(39)36-15-12-32(13-16-36,26-18-34-28-10-3-1-8-24(26)28)27-19-35-29-11-4-2-9-25(27)29/h1-11,14,18-19,22,34-35H,12-13,15-17,20-21H2/t22-/m0/s1. The van der Waals surface area contributed by atoms with Crippen LogP contribution in [0.2, 0.25) is 0 Å². The van der Waals surface area contributed by atoms with Crippen molar-refractivity contribution in [3.05, 3.63) is 102 Å². The van der Waals surface area contributed by atoms with Gasteiger partial charge in [0, 0.05) is 71.9 Å². The van der Waals surface area contributed by atoms with E-state index >= 15 is 0 Å². The first kappa shape index (κ1) is 23.7. The first-order chi connectivity index (χ1) is 19.1. The molecule has 0 unspecified atom stereocenters. The summed E-state index contributed by atoms with van der Waals surface area (Å²) in [6.07, 6.45) is 7.98. The summed E-state index contributed by atoms with van der Waals surface area (Å²) in [6, 6.07) is 22.6. The van der Waals surface area contributed by atoms with Crippen molar-refractivity contribution in [1.82, 2.24) is 24.8 Å². The predicted octanol–water partition coefficient (Wildman–Crippen LogP) is 5.00. The summed E-state index contributed by atoms with van der Waals surface area (Å²) in [5.41, 5.74) is 5.44. The van der Waals surface area contributed by atoms with Crippen LogP contribution in [-0.4, -0.2) is 56.2 Å². The number of para-hydroxylation sites is 2. The molecule has 0 spiro atoms. The van der Waals surface area contributed by atoms with Crippen LogP contribution < -0.4 is 0 Å². The van der Waals surface area contributed by atoms with Crippen molar-refractivity contribution in [2.45, 2.75) is 31.2 Å². The quantitative estimate of drug-likeness (QED) is 0.344. The zero-order valence-electron chi connectivity index (χ0n) is 21.8. The second kappa shape index (κ2) is 9.42. The number of carbonyl (C=O) groups is 2. The van der Waals surface area contributed by atoms with Crippen LogP contribution in [0.5, 0.6) is 0 Å². The van der Waals surface area contributed by atoms with Crippen LogP contribution in [0.1, 0.15) is 36.1 Å². The van der Waals surface area contributed by atoms with E-state index in [-0.39, 0.29) is 29.6 Å². The number of amides is 2. The van der Waals surface area contributed by atoms with Gasteiger partial charge in [-0.25, -0.2) is 0 Å². The Bertz CT molecular complexity index is 1590. The van der Waals surface area contributed by atoms with Gasteiger partial charge in [-0.1, -0.05) is 42.5 Å². The molecule has 2 fully saturated rings. The average molecular weight is 518 g/mol. The van der Waals surface area contributed by atoms with Crippen molar-refractivity contribution in [3.8, 4) is 0 Å². The zero-order valence-corrected chi connectivity index (χ0v) is 21.8. The molecule has 5 heterocycles. The highest BCUT2D eigenvalue weighted by atomic mass is 16.2. The van der Waals surface area contributed by atoms with Gasteiger partial charge >= 0.3 is 0 Å². The Labute approximate surface area is 226 Å². The van der Waals surface area contributed by atoms with Crippen molar-refractivity contribution in [3.63, 3.8) is 0 Å². The summed E-state index contributed by atoms with van der Waals surface area (Å²) >= 11 is 0. The molecule has 39 heavy (non-hydrogen) atoms. The number of hydrogen-bond donors (Lipinski definition) is 2. The summed E-state index contributed by atoms with van der Waals surface area (Å²) in [6.45, 7) is 2.22. The Morgan fingerprint density at radius 2 is 1.49 bits per heavy atom. The molecule has 1 atom stereocenters. The highest BCUT2D eigenvalue weighted by Crippen LogP contribution is 2.47. The van der Waals surface area contributed by atoms with Gasteiger partial charge in [0.2, 0.25) is 11.8 Å². The summed E-state index contributed by atoms with van der Waals surface area (Å²) < 4.78 is 0. The number of benzene rings is 2. The number of hydrogen-bond acceptors (Lipinski definition) is 3. The maximum atomic E-state index is 13.7. The zero-order chi connectivity index (χ0) is 26.4. The fraction of sp³-hybridized carbons (Fsp3) is 0.281. The van der Waals surface area contributed by atoms with Gasteiger partial charge in [-0.05, 0) is 48.2 Å². The minimum Gasteiger partial charge on any atom is -0.361 e. The Morgan fingerprint density at radius 3 is 2.10 bits per heavy atom. The third kappa shape index (κ3) is 4.00. The number of nitrogens with one attached hydrogen (secondary N) is 2. The van der Waals surface area contributed by atoms with Crippen LogP contribution in [0.4, 0.5) is 0 Å². The summed E-state index contributed by atoms with van der Waals surface area (Å²) in [7, 11) is 0. The average Bonchev–Trinajstić information content (AvgIpc) is 3.71. The Balaban J connectivity index is 1.16. The van der Waals surface area contributed by atoms with Gasteiger partial charge in [0.05, 0.1) is 18.2 Å². The maximum Gasteiger partial charge on any atom is 0.227 e. The molecule has 0 bridgehead atoms. The molecule has 2 N–H and O–H groups in total. The minimum absolute atomic E-state index is 0.0305. The van der Waals surface area contributed by atoms with Gasteiger partial charge in [-0.15, -0.1) is 0 Å². The summed E-state index contributed by atoms with van der Waals surface area (Å²) in [5.74, 6) is -0.170. The fourth-order valence-corrected chi connectivity index (χ4v) is 6.76. The monoisotopic (exact) mass is 517 g/mol. The largest absolute Gasteiger partial charge is 0.361 e. The number of carbonyl (C=O) groups excluding carboxylic acids is 2. The Kier molecular flexibility index (Phi) is 5.72. The minimum atomic E-state index is -0.296. The molecule has 5 aromatic rings. The summed E-state index contributed by atoms with van der Waals surface area (Å²) in [4.78, 5) is 41.5. The number of rotatable bonds is 5. The number of fused-ring (bicyclic) bond motifs is 2. The Hall–Kier alpha value is -4.39. The number of aromatic amines is 2. The molecule has 2 saturated heterocycles. The van der Waals surface area contributed by atoms with Crippen LogP contribution in [-0.2, 0) is 21.5 Å². The number of nitrogens with zero attached hydrogens (tertiary/aromatic N) is 3. The summed E-state index contributed by atoms with van der Waals surface area (Å²) in [5, 5.41) is 2.46. The Morgan fingerprint density at radius 1 is 0.872 bits per heavy atom. The molecular weight excluding hydrogens is 486 g/mol. The number of H-pyrrole nitrogens is 2. The van der Waals surface area contributed by atoms with E-state index in [1.807, 2.05) is 23.1 Å². The molecule has 0 radical (unpaired) electrons. The molecule has 196 valence electrons. The van der Waals surface area contributed by atoms with Gasteiger partial charge in [0.1, 0.15) is 0 Å². The van der Waals surface area contributed by atoms with Gasteiger partial charge in [-0.3, -0.25) is 14.6 Å². The molecule has 7 heteroatoms. The van der Waals surface area contributed by atoms with Crippen molar-refractivity contribution in [1.29, 1.82) is 0 Å². The number of likely N-dealkylation sites (tertiary alicyclic amines) is 2. The van der Waals surface area contributed by atoms with Gasteiger partial charge in [0.15, 0.2) is 0 Å². The van der Waals surface area contributed by atoms with Gasteiger partial charge in [-0.2, -0.15) is 0 Å². The van der Waals surface area contributed by atoms with Crippen LogP contribution in [0, 0.1) is 5.92 Å². The van der Waals surface area contributed by atoms with Crippen molar-refractivity contribution < 1.29 is 9.59 Å². The lowest BCUT2D eigenvalue weighted by atomic mass is 9.67. The van der Waals surface area contributed by atoms with E-state index in [9.17, 15) is 9.59 Å². The van der Waals surface area contributed by atoms with E-state index in [0.717, 1.165) is 29.6 Å². The third-order valence-corrected chi connectivity index (χ3v) is 8.78. The van der Waals surface area contributed by atoms with E-state index < -0.39 is 0 Å². The molecule has 3 aromatic heterocycles. The lowest BCUT2D eigenvalue weighted by molar-refractivity contribution is -0.137. The molecule has 7 nitrogen and oxygen atoms in total. The van der Waals surface area contributed by atoms with E-state index in [2.05, 4.69) is 75.9 Å². The highest BCUT2D eigenvalue weighted by molar-refractivity contribution is 5.91. The molecule has 2 amide bonds. The van der Waals surface area contributed by atoms with Crippen molar-refractivity contribution in [2.24, 2.45) is 5.92 Å². The molecular formula is C32H31N5O2. The van der Waals surface area contributed by atoms with Crippen LogP contribution >= 0.6 is 0 Å². The van der Waals surface area contributed by atoms with Gasteiger partial charge in [0.25, 0.3) is 0 Å². The first-order valence-electron chi connectivity index (χ1n) is 13.7. The smallest absolute Gasteiger partial charge is 0.227 e. The van der Waals surface area contributed by atoms with E-state index in [1.54, 1.807) is 11.1 Å². The van der Waals surface area contributed by atoms with Crippen molar-refractivity contribution in [2.75, 3.05) is 19.6 Å². The van der Waals surface area contributed by atoms with Crippen molar-refractivity contribution >= 4 is 33.6 Å². The topological polar surface area (TPSA) is 85.1 Å². The van der Waals surface area contributed by atoms with Gasteiger partial charge < -0.3 is 19.8 Å². The third-order valence-electron chi connectivity index (χ3n) is 8.78. The number of aromatic nitrogens is 3. The second-order valence-corrected chi connectivity index (χ2v) is 10.9. The van der Waals surface area contributed by atoms with Crippen LogP contribution in [0.15, 0.2) is 85.3 Å². The maximum absolute atomic E-state index is 13.7. The second-order valence-electron chi connectivity index (χ2n) is 10.9. The SMILES string of the molecule is O=C1C[C@H](C(=O)N2CCC(c3c[nH]c4ccccc34)(c3c[nH]c4ccccc34)CC2)CN1Cc1ccccn1. The molecule has 0 aliphatic carbocycles. The fourth-order valence-electron chi connectivity index (χ4n) is 6.76. The first-order valence-corrected chi connectivity index (χ1v) is 13.7. The molecule has 2 aliphatic heterocycles. The molecule has 2 aromatic carbocycles. The van der Waals surface area contributed by atoms with E-state index in [1.165, 1.54) is 21.9 Å². The van der Waals surface area contributed by atoms with Crippen LogP contribution in [0.25, 0.3) is 21.8 Å². The lowest BCUT2D eigenvalue weighted by Crippen LogP contribution is -2.47. The van der Waals surface area contributed by atoms with E-state index in [4.69, 9.17) is 0 Å². The highest BCUT2D eigenvalue weighted by Gasteiger charge is 2.44. The molecule has 0 saturated carbocycles. The van der Waals surface area contributed by atoms with E-state index in [0.29, 0.717) is 26.2 Å². The lowest BCUT2D eigenvalue weighted by Gasteiger charge is -2.43. The predicted molar refractivity (Wildman–Crippen MR) is 151 cm³/mol. The molecule has 7 rings (SSSR count). The molecule has 2 aliphatic rings. The number of piperidine rings is 1.